The Balaban J connectivity index is 1.72. The van der Waals surface area contributed by atoms with Crippen molar-refractivity contribution in [2.75, 3.05) is 12.4 Å². The van der Waals surface area contributed by atoms with E-state index in [-0.39, 0.29) is 18.0 Å². The number of aromatic nitrogens is 2. The minimum absolute atomic E-state index is 0.194. The Morgan fingerprint density at radius 2 is 1.82 bits per heavy atom. The van der Waals surface area contributed by atoms with Gasteiger partial charge in [0.1, 0.15) is 18.0 Å². The molecular formula is C21H17N3O3S. The van der Waals surface area contributed by atoms with Gasteiger partial charge >= 0.3 is 0 Å². The van der Waals surface area contributed by atoms with Crippen LogP contribution in [0.2, 0.25) is 0 Å². The zero-order valence-corrected chi connectivity index (χ0v) is 15.9. The fourth-order valence-electron chi connectivity index (χ4n) is 3.01. The van der Waals surface area contributed by atoms with E-state index in [1.54, 1.807) is 30.3 Å². The number of fused-ring (bicyclic) bond motifs is 1. The fraction of sp³-hybridized carbons (Fsp3) is 0.0952. The van der Waals surface area contributed by atoms with Gasteiger partial charge < -0.3 is 10.1 Å². The first-order valence-electron chi connectivity index (χ1n) is 8.64. The lowest BCUT2D eigenvalue weighted by atomic mass is 10.1. The topological polar surface area (TPSA) is 73.2 Å². The van der Waals surface area contributed by atoms with Crippen LogP contribution in [0.4, 0.5) is 5.69 Å². The Bertz CT molecular complexity index is 1200. The number of methoxy groups -OCH3 is 1. The van der Waals surface area contributed by atoms with Gasteiger partial charge in [-0.1, -0.05) is 36.4 Å². The van der Waals surface area contributed by atoms with E-state index in [9.17, 15) is 9.59 Å². The van der Waals surface area contributed by atoms with Crippen molar-refractivity contribution in [1.29, 1.82) is 0 Å². The summed E-state index contributed by atoms with van der Waals surface area (Å²) < 4.78 is 6.46. The Kier molecular flexibility index (Phi) is 4.90. The van der Waals surface area contributed by atoms with Gasteiger partial charge in [0.05, 0.1) is 23.1 Å². The molecule has 4 aromatic rings. The van der Waals surface area contributed by atoms with Gasteiger partial charge in [-0.2, -0.15) is 5.10 Å². The Labute approximate surface area is 165 Å². The molecule has 0 atom stereocenters. The molecule has 0 fully saturated rings. The second-order valence-corrected chi connectivity index (χ2v) is 7.03. The van der Waals surface area contributed by atoms with Gasteiger partial charge in [-0.15, -0.1) is 11.3 Å². The molecule has 6 nitrogen and oxygen atoms in total. The zero-order chi connectivity index (χ0) is 19.5. The molecule has 0 saturated carbocycles. The highest BCUT2D eigenvalue weighted by Gasteiger charge is 2.15. The number of hydrogen-bond donors (Lipinski definition) is 1. The molecule has 2 aromatic carbocycles. The average molecular weight is 391 g/mol. The summed E-state index contributed by atoms with van der Waals surface area (Å²) in [6.45, 7) is -0.194. The number of para-hydroxylation sites is 2. The van der Waals surface area contributed by atoms with E-state index in [4.69, 9.17) is 4.74 Å². The number of carbonyl (C=O) groups is 1. The van der Waals surface area contributed by atoms with Crippen molar-refractivity contribution >= 4 is 33.7 Å². The molecule has 0 bridgehead atoms. The lowest BCUT2D eigenvalue weighted by molar-refractivity contribution is -0.117. The van der Waals surface area contributed by atoms with E-state index in [0.29, 0.717) is 22.5 Å². The van der Waals surface area contributed by atoms with Gasteiger partial charge in [0, 0.05) is 5.39 Å². The van der Waals surface area contributed by atoms with Crippen LogP contribution in [0, 0.1) is 0 Å². The van der Waals surface area contributed by atoms with Crippen LogP contribution in [0.25, 0.3) is 21.3 Å². The van der Waals surface area contributed by atoms with E-state index in [1.165, 1.54) is 23.1 Å². The lowest BCUT2D eigenvalue weighted by Crippen LogP contribution is -2.30. The first kappa shape index (κ1) is 17.9. The van der Waals surface area contributed by atoms with Crippen LogP contribution in [0.15, 0.2) is 70.8 Å². The van der Waals surface area contributed by atoms with Gasteiger partial charge in [-0.25, -0.2) is 4.68 Å². The molecule has 0 unspecified atom stereocenters. The van der Waals surface area contributed by atoms with Gasteiger partial charge in [0.25, 0.3) is 5.56 Å². The number of rotatable bonds is 5. The van der Waals surface area contributed by atoms with Crippen molar-refractivity contribution in [3.8, 4) is 16.3 Å². The van der Waals surface area contributed by atoms with Crippen LogP contribution in [-0.4, -0.2) is 22.8 Å². The third-order valence-electron chi connectivity index (χ3n) is 4.30. The number of ether oxygens (including phenoxy) is 1. The summed E-state index contributed by atoms with van der Waals surface area (Å²) in [5.41, 5.74) is 0.934. The van der Waals surface area contributed by atoms with Crippen LogP contribution >= 0.6 is 11.3 Å². The molecular weight excluding hydrogens is 374 g/mol. The fourth-order valence-corrected chi connectivity index (χ4v) is 3.73. The molecule has 1 N–H and O–H groups in total. The summed E-state index contributed by atoms with van der Waals surface area (Å²) in [6, 6.07) is 18.3. The zero-order valence-electron chi connectivity index (χ0n) is 15.1. The van der Waals surface area contributed by atoms with Crippen molar-refractivity contribution in [2.45, 2.75) is 6.54 Å². The molecule has 140 valence electrons. The summed E-state index contributed by atoms with van der Waals surface area (Å²) in [5.74, 6) is 0.195. The maximum Gasteiger partial charge on any atom is 0.275 e. The number of thiophene rings is 1. The van der Waals surface area contributed by atoms with Crippen LogP contribution in [0.5, 0.6) is 5.75 Å². The van der Waals surface area contributed by atoms with E-state index in [0.717, 1.165) is 10.3 Å². The SMILES string of the molecule is COc1ccccc1NC(=O)Cn1nc(-c2cccs2)c2ccccc2c1=O. The molecule has 0 radical (unpaired) electrons. The monoisotopic (exact) mass is 391 g/mol. The highest BCUT2D eigenvalue weighted by atomic mass is 32.1. The largest absolute Gasteiger partial charge is 0.495 e. The molecule has 0 spiro atoms. The number of amides is 1. The van der Waals surface area contributed by atoms with Crippen molar-refractivity contribution in [3.63, 3.8) is 0 Å². The summed E-state index contributed by atoms with van der Waals surface area (Å²) >= 11 is 1.54. The summed E-state index contributed by atoms with van der Waals surface area (Å²) in [7, 11) is 1.54. The number of carbonyl (C=O) groups excluding carboxylic acids is 1. The Morgan fingerprint density at radius 1 is 1.07 bits per heavy atom. The van der Waals surface area contributed by atoms with Crippen molar-refractivity contribution < 1.29 is 9.53 Å². The quantitative estimate of drug-likeness (QED) is 0.562. The second-order valence-electron chi connectivity index (χ2n) is 6.08. The molecule has 0 saturated heterocycles. The number of nitrogens with zero attached hydrogens (tertiary/aromatic N) is 2. The van der Waals surface area contributed by atoms with Crippen LogP contribution in [0.3, 0.4) is 0 Å². The average Bonchev–Trinajstić information content (AvgIpc) is 3.25. The number of benzene rings is 2. The summed E-state index contributed by atoms with van der Waals surface area (Å²) in [5, 5.41) is 10.5. The van der Waals surface area contributed by atoms with Gasteiger partial charge in [0.2, 0.25) is 5.91 Å². The second kappa shape index (κ2) is 7.66. The lowest BCUT2D eigenvalue weighted by Gasteiger charge is -2.12. The minimum Gasteiger partial charge on any atom is -0.495 e. The smallest absolute Gasteiger partial charge is 0.275 e. The first-order chi connectivity index (χ1) is 13.7. The van der Waals surface area contributed by atoms with Crippen LogP contribution < -0.4 is 15.6 Å². The van der Waals surface area contributed by atoms with Crippen LogP contribution in [0.1, 0.15) is 0 Å². The molecule has 1 amide bonds. The molecule has 0 aliphatic carbocycles. The third kappa shape index (κ3) is 3.39. The molecule has 0 aliphatic heterocycles. The van der Waals surface area contributed by atoms with Crippen molar-refractivity contribution in [3.05, 3.63) is 76.4 Å². The molecule has 28 heavy (non-hydrogen) atoms. The van der Waals surface area contributed by atoms with Gasteiger partial charge in [-0.05, 0) is 29.6 Å². The van der Waals surface area contributed by atoms with E-state index < -0.39 is 0 Å². The predicted molar refractivity (Wildman–Crippen MR) is 111 cm³/mol. The number of hydrogen-bond acceptors (Lipinski definition) is 5. The van der Waals surface area contributed by atoms with Gasteiger partial charge in [0.15, 0.2) is 0 Å². The molecule has 4 rings (SSSR count). The first-order valence-corrected chi connectivity index (χ1v) is 9.52. The number of anilines is 1. The van der Waals surface area contributed by atoms with E-state index in [1.807, 2.05) is 35.7 Å². The van der Waals surface area contributed by atoms with Gasteiger partial charge in [-0.3, -0.25) is 9.59 Å². The Morgan fingerprint density at radius 3 is 2.57 bits per heavy atom. The number of nitrogens with one attached hydrogen (secondary N) is 1. The normalized spacial score (nSPS) is 10.8. The van der Waals surface area contributed by atoms with E-state index in [2.05, 4.69) is 10.4 Å². The predicted octanol–water partition coefficient (Wildman–Crippen LogP) is 3.77. The highest BCUT2D eigenvalue weighted by Crippen LogP contribution is 2.28. The Hall–Kier alpha value is -3.45. The maximum atomic E-state index is 12.9. The van der Waals surface area contributed by atoms with Crippen molar-refractivity contribution in [2.24, 2.45) is 0 Å². The maximum absolute atomic E-state index is 12.9. The van der Waals surface area contributed by atoms with Crippen molar-refractivity contribution in [1.82, 2.24) is 9.78 Å². The molecule has 0 aliphatic rings. The van der Waals surface area contributed by atoms with E-state index >= 15 is 0 Å². The third-order valence-corrected chi connectivity index (χ3v) is 5.17. The molecule has 2 heterocycles. The highest BCUT2D eigenvalue weighted by molar-refractivity contribution is 7.13. The summed E-state index contributed by atoms with van der Waals surface area (Å²) in [6.07, 6.45) is 0. The summed E-state index contributed by atoms with van der Waals surface area (Å²) in [4.78, 5) is 26.4. The van der Waals surface area contributed by atoms with Crippen LogP contribution in [-0.2, 0) is 11.3 Å². The molecule has 7 heteroatoms. The molecule has 2 aromatic heterocycles. The standard InChI is InChI=1S/C21H17N3O3S/c1-27-17-10-5-4-9-16(17)22-19(25)13-24-21(26)15-8-3-2-7-14(15)20(23-24)18-11-6-12-28-18/h2-12H,13H2,1H3,(H,22,25). The minimum atomic E-state index is -0.355.